The molecule has 0 atom stereocenters. The molecule has 0 aromatic rings. The Bertz CT molecular complexity index is 139. The van der Waals surface area contributed by atoms with Crippen molar-refractivity contribution in [3.63, 3.8) is 0 Å². The van der Waals surface area contributed by atoms with Crippen molar-refractivity contribution in [2.24, 2.45) is 0 Å². The molecule has 0 amide bonds. The van der Waals surface area contributed by atoms with Crippen LogP contribution in [0.3, 0.4) is 0 Å². The maximum Gasteiger partial charge on any atom is 0.305 e. The average molecular weight is 170 g/mol. The van der Waals surface area contributed by atoms with E-state index in [1.807, 2.05) is 6.08 Å². The largest absolute Gasteiger partial charge is 0.469 e. The fraction of sp³-hybridized carbons (Fsp3) is 0.700. The molecule has 0 heterocycles. The first-order valence-electron chi connectivity index (χ1n) is 4.53. The molecule has 0 N–H and O–H groups in total. The van der Waals surface area contributed by atoms with Crippen LogP contribution in [0.5, 0.6) is 0 Å². The fourth-order valence-electron chi connectivity index (χ4n) is 0.861. The summed E-state index contributed by atoms with van der Waals surface area (Å²) in [5.74, 6) is -0.129. The minimum Gasteiger partial charge on any atom is -0.469 e. The predicted octanol–water partition coefficient (Wildman–Crippen LogP) is 2.69. The smallest absolute Gasteiger partial charge is 0.305 e. The van der Waals surface area contributed by atoms with Crippen molar-refractivity contribution in [3.05, 3.63) is 12.2 Å². The molecule has 0 spiro atoms. The Hall–Kier alpha value is -0.790. The molecule has 0 aliphatic carbocycles. The first kappa shape index (κ1) is 11.2. The summed E-state index contributed by atoms with van der Waals surface area (Å²) >= 11 is 0. The molecular weight excluding hydrogens is 152 g/mol. The van der Waals surface area contributed by atoms with Gasteiger partial charge in [0, 0.05) is 6.42 Å². The number of methoxy groups -OCH3 is 1. The van der Waals surface area contributed by atoms with Gasteiger partial charge in [-0.3, -0.25) is 4.79 Å². The number of esters is 1. The molecule has 0 radical (unpaired) electrons. The Labute approximate surface area is 74.6 Å². The second-order valence-electron chi connectivity index (χ2n) is 2.73. The van der Waals surface area contributed by atoms with Crippen molar-refractivity contribution < 1.29 is 9.53 Å². The molecule has 0 saturated heterocycles. The zero-order valence-corrected chi connectivity index (χ0v) is 8.01. The Kier molecular flexibility index (Phi) is 7.76. The van der Waals surface area contributed by atoms with Gasteiger partial charge in [-0.2, -0.15) is 0 Å². The third-order valence-corrected chi connectivity index (χ3v) is 1.63. The van der Waals surface area contributed by atoms with E-state index in [1.165, 1.54) is 20.0 Å². The summed E-state index contributed by atoms with van der Waals surface area (Å²) in [4.78, 5) is 10.6. The number of carbonyl (C=O) groups excluding carboxylic acids is 1. The highest BCUT2D eigenvalue weighted by Gasteiger charge is 1.94. The van der Waals surface area contributed by atoms with Gasteiger partial charge in [0.1, 0.15) is 0 Å². The molecule has 0 fully saturated rings. The monoisotopic (exact) mass is 170 g/mol. The molecule has 2 heteroatoms. The van der Waals surface area contributed by atoms with Gasteiger partial charge in [-0.15, -0.1) is 0 Å². The van der Waals surface area contributed by atoms with Crippen molar-refractivity contribution in [1.82, 2.24) is 0 Å². The fourth-order valence-corrected chi connectivity index (χ4v) is 0.861. The standard InChI is InChI=1S/C10H18O2/c1-3-4-5-6-7-8-9-10(11)12-2/h6-7H,3-5,8-9H2,1-2H3. The lowest BCUT2D eigenvalue weighted by Crippen LogP contribution is -1.97. The molecule has 70 valence electrons. The predicted molar refractivity (Wildman–Crippen MR) is 49.9 cm³/mol. The lowest BCUT2D eigenvalue weighted by atomic mass is 10.2. The summed E-state index contributed by atoms with van der Waals surface area (Å²) in [7, 11) is 1.42. The molecule has 0 aromatic carbocycles. The van der Waals surface area contributed by atoms with E-state index in [4.69, 9.17) is 0 Å². The quantitative estimate of drug-likeness (QED) is 0.348. The van der Waals surface area contributed by atoms with Crippen LogP contribution < -0.4 is 0 Å². The highest BCUT2D eigenvalue weighted by Crippen LogP contribution is 1.98. The normalized spacial score (nSPS) is 10.5. The Morgan fingerprint density at radius 3 is 2.58 bits per heavy atom. The highest BCUT2D eigenvalue weighted by atomic mass is 16.5. The van der Waals surface area contributed by atoms with E-state index in [9.17, 15) is 4.79 Å². The summed E-state index contributed by atoms with van der Waals surface area (Å²) in [6.07, 6.45) is 9.06. The Morgan fingerprint density at radius 2 is 2.00 bits per heavy atom. The second kappa shape index (κ2) is 8.31. The number of unbranched alkanes of at least 4 members (excludes halogenated alkanes) is 2. The molecule has 0 aliphatic rings. The minimum absolute atomic E-state index is 0.129. The number of hydrogen-bond donors (Lipinski definition) is 0. The SMILES string of the molecule is CCCCC=CCCC(=O)OC. The summed E-state index contributed by atoms with van der Waals surface area (Å²) in [6.45, 7) is 2.17. The van der Waals surface area contributed by atoms with Crippen LogP contribution in [0.15, 0.2) is 12.2 Å². The van der Waals surface area contributed by atoms with Crippen LogP contribution in [0.25, 0.3) is 0 Å². The molecule has 0 rings (SSSR count). The van der Waals surface area contributed by atoms with Gasteiger partial charge in [-0.25, -0.2) is 0 Å². The zero-order chi connectivity index (χ0) is 9.23. The highest BCUT2D eigenvalue weighted by molar-refractivity contribution is 5.69. The number of ether oxygens (including phenoxy) is 1. The Balaban J connectivity index is 3.18. The molecule has 0 aromatic heterocycles. The van der Waals surface area contributed by atoms with Gasteiger partial charge >= 0.3 is 5.97 Å². The van der Waals surface area contributed by atoms with Crippen molar-refractivity contribution >= 4 is 5.97 Å². The van der Waals surface area contributed by atoms with Gasteiger partial charge in [0.15, 0.2) is 0 Å². The van der Waals surface area contributed by atoms with E-state index in [2.05, 4.69) is 17.7 Å². The summed E-state index contributed by atoms with van der Waals surface area (Å²) in [5.41, 5.74) is 0. The first-order valence-corrected chi connectivity index (χ1v) is 4.53. The maximum absolute atomic E-state index is 10.6. The van der Waals surface area contributed by atoms with E-state index >= 15 is 0 Å². The van der Waals surface area contributed by atoms with Crippen LogP contribution in [0.2, 0.25) is 0 Å². The molecule has 0 saturated carbocycles. The summed E-state index contributed by atoms with van der Waals surface area (Å²) in [5, 5.41) is 0. The van der Waals surface area contributed by atoms with Crippen LogP contribution >= 0.6 is 0 Å². The van der Waals surface area contributed by atoms with E-state index in [1.54, 1.807) is 0 Å². The lowest BCUT2D eigenvalue weighted by molar-refractivity contribution is -0.140. The van der Waals surface area contributed by atoms with Gasteiger partial charge in [0.2, 0.25) is 0 Å². The van der Waals surface area contributed by atoms with Gasteiger partial charge in [0.25, 0.3) is 0 Å². The third kappa shape index (κ3) is 7.32. The van der Waals surface area contributed by atoms with E-state index < -0.39 is 0 Å². The minimum atomic E-state index is -0.129. The van der Waals surface area contributed by atoms with Crippen LogP contribution in [0.1, 0.15) is 39.0 Å². The zero-order valence-electron chi connectivity index (χ0n) is 8.01. The van der Waals surface area contributed by atoms with Crippen LogP contribution in [0.4, 0.5) is 0 Å². The van der Waals surface area contributed by atoms with E-state index in [0.29, 0.717) is 6.42 Å². The van der Waals surface area contributed by atoms with Crippen molar-refractivity contribution in [1.29, 1.82) is 0 Å². The van der Waals surface area contributed by atoms with Crippen molar-refractivity contribution in [3.8, 4) is 0 Å². The molecule has 0 bridgehead atoms. The van der Waals surface area contributed by atoms with Crippen molar-refractivity contribution in [2.75, 3.05) is 7.11 Å². The summed E-state index contributed by atoms with van der Waals surface area (Å²) in [6, 6.07) is 0. The van der Waals surface area contributed by atoms with Gasteiger partial charge < -0.3 is 4.74 Å². The molecule has 0 unspecified atom stereocenters. The van der Waals surface area contributed by atoms with E-state index in [0.717, 1.165) is 12.8 Å². The van der Waals surface area contributed by atoms with Gasteiger partial charge in [-0.05, 0) is 12.8 Å². The average Bonchev–Trinajstić information content (AvgIpc) is 2.10. The molecule has 12 heavy (non-hydrogen) atoms. The molecule has 2 nitrogen and oxygen atoms in total. The molecular formula is C10H18O2. The van der Waals surface area contributed by atoms with Crippen LogP contribution in [0, 0.1) is 0 Å². The number of rotatable bonds is 6. The second-order valence-corrected chi connectivity index (χ2v) is 2.73. The van der Waals surface area contributed by atoms with Gasteiger partial charge in [0.05, 0.1) is 7.11 Å². The number of allylic oxidation sites excluding steroid dienone is 2. The summed E-state index contributed by atoms with van der Waals surface area (Å²) < 4.78 is 4.51. The number of hydrogen-bond acceptors (Lipinski definition) is 2. The topological polar surface area (TPSA) is 26.3 Å². The van der Waals surface area contributed by atoms with Crippen molar-refractivity contribution in [2.45, 2.75) is 39.0 Å². The Morgan fingerprint density at radius 1 is 1.33 bits per heavy atom. The lowest BCUT2D eigenvalue weighted by Gasteiger charge is -1.93. The van der Waals surface area contributed by atoms with Crippen LogP contribution in [-0.2, 0) is 9.53 Å². The van der Waals surface area contributed by atoms with Gasteiger partial charge in [-0.1, -0.05) is 31.9 Å². The number of carbonyl (C=O) groups is 1. The van der Waals surface area contributed by atoms with E-state index in [-0.39, 0.29) is 5.97 Å². The molecule has 0 aliphatic heterocycles. The third-order valence-electron chi connectivity index (χ3n) is 1.63. The first-order chi connectivity index (χ1) is 5.81. The van der Waals surface area contributed by atoms with Crippen LogP contribution in [-0.4, -0.2) is 13.1 Å². The maximum atomic E-state index is 10.6.